The fourth-order valence-electron chi connectivity index (χ4n) is 1.94. The molecular weight excluding hydrogens is 267 g/mol. The topological polar surface area (TPSA) is 29.5 Å². The van der Waals surface area contributed by atoms with Crippen LogP contribution in [-0.4, -0.2) is 12.2 Å². The molecule has 0 aliphatic rings. The highest BCUT2D eigenvalue weighted by Crippen LogP contribution is 2.34. The van der Waals surface area contributed by atoms with Crippen molar-refractivity contribution in [1.82, 2.24) is 0 Å². The van der Waals surface area contributed by atoms with Gasteiger partial charge in [0.2, 0.25) is 0 Å². The van der Waals surface area contributed by atoms with Gasteiger partial charge in [0.15, 0.2) is 0 Å². The summed E-state index contributed by atoms with van der Waals surface area (Å²) in [5.41, 5.74) is 1.87. The van der Waals surface area contributed by atoms with Gasteiger partial charge in [0.1, 0.15) is 17.7 Å². The van der Waals surface area contributed by atoms with E-state index in [1.165, 1.54) is 25.3 Å². The summed E-state index contributed by atoms with van der Waals surface area (Å²) in [4.78, 5) is 0. The van der Waals surface area contributed by atoms with E-state index in [0.717, 1.165) is 5.56 Å². The van der Waals surface area contributed by atoms with Crippen LogP contribution in [0.1, 0.15) is 22.8 Å². The molecule has 100 valence electrons. The Morgan fingerprint density at radius 1 is 1.16 bits per heavy atom. The average Bonchev–Trinajstić information content (AvgIpc) is 2.38. The molecule has 0 aliphatic carbocycles. The van der Waals surface area contributed by atoms with Gasteiger partial charge >= 0.3 is 0 Å². The summed E-state index contributed by atoms with van der Waals surface area (Å²) < 4.78 is 18.5. The molecule has 1 N–H and O–H groups in total. The van der Waals surface area contributed by atoms with E-state index in [1.807, 2.05) is 13.0 Å². The van der Waals surface area contributed by atoms with Crippen molar-refractivity contribution in [1.29, 1.82) is 0 Å². The molecule has 0 radical (unpaired) electrons. The molecule has 0 bridgehead atoms. The zero-order valence-corrected chi connectivity index (χ0v) is 11.4. The van der Waals surface area contributed by atoms with Crippen LogP contribution in [0.3, 0.4) is 0 Å². The highest BCUT2D eigenvalue weighted by atomic mass is 35.5. The van der Waals surface area contributed by atoms with Gasteiger partial charge in [-0.2, -0.15) is 0 Å². The van der Waals surface area contributed by atoms with E-state index in [0.29, 0.717) is 21.9 Å². The zero-order chi connectivity index (χ0) is 14.0. The lowest BCUT2D eigenvalue weighted by Gasteiger charge is -2.16. The van der Waals surface area contributed by atoms with Crippen LogP contribution in [0.4, 0.5) is 4.39 Å². The fourth-order valence-corrected chi connectivity index (χ4v) is 2.28. The predicted molar refractivity (Wildman–Crippen MR) is 73.2 cm³/mol. The maximum atomic E-state index is 13.3. The Morgan fingerprint density at radius 3 is 2.53 bits per heavy atom. The van der Waals surface area contributed by atoms with Crippen LogP contribution in [-0.2, 0) is 0 Å². The van der Waals surface area contributed by atoms with Gasteiger partial charge in [-0.1, -0.05) is 23.7 Å². The first kappa shape index (κ1) is 13.8. The lowest BCUT2D eigenvalue weighted by molar-refractivity contribution is 0.214. The smallest absolute Gasteiger partial charge is 0.125 e. The Kier molecular flexibility index (Phi) is 4.08. The summed E-state index contributed by atoms with van der Waals surface area (Å²) in [6.07, 6.45) is -1.03. The Hall–Kier alpha value is -1.58. The lowest BCUT2D eigenvalue weighted by atomic mass is 9.99. The Morgan fingerprint density at radius 2 is 1.89 bits per heavy atom. The molecule has 0 fully saturated rings. The molecule has 0 aromatic heterocycles. The number of benzene rings is 2. The van der Waals surface area contributed by atoms with E-state index in [4.69, 9.17) is 16.3 Å². The minimum absolute atomic E-state index is 0.355. The maximum absolute atomic E-state index is 13.3. The second-order valence-electron chi connectivity index (χ2n) is 4.31. The third kappa shape index (κ3) is 2.88. The summed E-state index contributed by atoms with van der Waals surface area (Å²) in [5.74, 6) is -0.0105. The minimum Gasteiger partial charge on any atom is -0.496 e. The SMILES string of the molecule is COc1ccc(F)cc1C(O)c1ccc(C)cc1Cl. The maximum Gasteiger partial charge on any atom is 0.125 e. The number of aryl methyl sites for hydroxylation is 1. The second kappa shape index (κ2) is 5.59. The molecule has 1 unspecified atom stereocenters. The Balaban J connectivity index is 2.49. The van der Waals surface area contributed by atoms with Crippen LogP contribution in [0.5, 0.6) is 5.75 Å². The molecule has 2 rings (SSSR count). The summed E-state index contributed by atoms with van der Waals surface area (Å²) in [5, 5.41) is 10.8. The molecule has 4 heteroatoms. The van der Waals surface area contributed by atoms with Crippen molar-refractivity contribution >= 4 is 11.6 Å². The van der Waals surface area contributed by atoms with E-state index >= 15 is 0 Å². The number of methoxy groups -OCH3 is 1. The number of hydrogen-bond acceptors (Lipinski definition) is 2. The monoisotopic (exact) mass is 280 g/mol. The van der Waals surface area contributed by atoms with Crippen LogP contribution in [0.15, 0.2) is 36.4 Å². The van der Waals surface area contributed by atoms with E-state index in [1.54, 1.807) is 12.1 Å². The Bertz CT molecular complexity index is 599. The highest BCUT2D eigenvalue weighted by molar-refractivity contribution is 6.31. The van der Waals surface area contributed by atoms with Gasteiger partial charge in [-0.3, -0.25) is 0 Å². The number of aliphatic hydroxyl groups is 1. The van der Waals surface area contributed by atoms with Crippen LogP contribution in [0.2, 0.25) is 5.02 Å². The number of halogens is 2. The number of rotatable bonds is 3. The van der Waals surface area contributed by atoms with E-state index in [9.17, 15) is 9.50 Å². The van der Waals surface area contributed by atoms with E-state index < -0.39 is 11.9 Å². The number of hydrogen-bond donors (Lipinski definition) is 1. The van der Waals surface area contributed by atoms with Crippen molar-refractivity contribution in [3.8, 4) is 5.75 Å². The average molecular weight is 281 g/mol. The molecule has 19 heavy (non-hydrogen) atoms. The number of ether oxygens (including phenoxy) is 1. The van der Waals surface area contributed by atoms with Crippen LogP contribution >= 0.6 is 11.6 Å². The second-order valence-corrected chi connectivity index (χ2v) is 4.72. The van der Waals surface area contributed by atoms with Gasteiger partial charge in [-0.05, 0) is 36.8 Å². The van der Waals surface area contributed by atoms with Crippen molar-refractivity contribution in [2.24, 2.45) is 0 Å². The third-order valence-corrected chi connectivity index (χ3v) is 3.26. The molecule has 0 spiro atoms. The first-order chi connectivity index (χ1) is 9.02. The summed E-state index contributed by atoms with van der Waals surface area (Å²) in [6.45, 7) is 1.91. The van der Waals surface area contributed by atoms with Crippen LogP contribution < -0.4 is 4.74 Å². The highest BCUT2D eigenvalue weighted by Gasteiger charge is 2.18. The predicted octanol–water partition coefficient (Wildman–Crippen LogP) is 3.88. The zero-order valence-electron chi connectivity index (χ0n) is 10.7. The van der Waals surface area contributed by atoms with E-state index in [-0.39, 0.29) is 0 Å². The molecule has 2 aromatic rings. The quantitative estimate of drug-likeness (QED) is 0.924. The molecule has 0 saturated carbocycles. The molecule has 0 amide bonds. The van der Waals surface area contributed by atoms with Crippen LogP contribution in [0.25, 0.3) is 0 Å². The van der Waals surface area contributed by atoms with Crippen molar-refractivity contribution in [2.45, 2.75) is 13.0 Å². The van der Waals surface area contributed by atoms with Crippen molar-refractivity contribution in [2.75, 3.05) is 7.11 Å². The van der Waals surface area contributed by atoms with Gasteiger partial charge in [-0.25, -0.2) is 4.39 Å². The van der Waals surface area contributed by atoms with Crippen molar-refractivity contribution in [3.05, 3.63) is 63.9 Å². The van der Waals surface area contributed by atoms with Crippen LogP contribution in [0, 0.1) is 12.7 Å². The summed E-state index contributed by atoms with van der Waals surface area (Å²) in [7, 11) is 1.47. The molecular formula is C15H14ClFO2. The van der Waals surface area contributed by atoms with Gasteiger partial charge < -0.3 is 9.84 Å². The molecule has 0 heterocycles. The van der Waals surface area contributed by atoms with Gasteiger partial charge in [0.25, 0.3) is 0 Å². The Labute approximate surface area is 116 Å². The molecule has 2 aromatic carbocycles. The molecule has 2 nitrogen and oxygen atoms in total. The van der Waals surface area contributed by atoms with Crippen molar-refractivity contribution in [3.63, 3.8) is 0 Å². The normalized spacial score (nSPS) is 12.3. The van der Waals surface area contributed by atoms with Gasteiger partial charge in [0.05, 0.1) is 7.11 Å². The first-order valence-corrected chi connectivity index (χ1v) is 6.18. The lowest BCUT2D eigenvalue weighted by Crippen LogP contribution is -2.04. The third-order valence-electron chi connectivity index (χ3n) is 2.94. The van der Waals surface area contributed by atoms with Gasteiger partial charge in [-0.15, -0.1) is 0 Å². The number of aliphatic hydroxyl groups excluding tert-OH is 1. The largest absolute Gasteiger partial charge is 0.496 e. The van der Waals surface area contributed by atoms with Crippen molar-refractivity contribution < 1.29 is 14.2 Å². The fraction of sp³-hybridized carbons (Fsp3) is 0.200. The molecule has 0 saturated heterocycles. The molecule has 1 atom stereocenters. The summed E-state index contributed by atoms with van der Waals surface area (Å²) in [6, 6.07) is 9.34. The molecule has 0 aliphatic heterocycles. The van der Waals surface area contributed by atoms with Gasteiger partial charge in [0, 0.05) is 16.1 Å². The van der Waals surface area contributed by atoms with E-state index in [2.05, 4.69) is 0 Å². The summed E-state index contributed by atoms with van der Waals surface area (Å²) >= 11 is 6.12. The first-order valence-electron chi connectivity index (χ1n) is 5.80. The standard InChI is InChI=1S/C15H14ClFO2/c1-9-3-5-11(13(16)7-9)15(18)12-8-10(17)4-6-14(12)19-2/h3-8,15,18H,1-2H3. The minimum atomic E-state index is -1.03.